The van der Waals surface area contributed by atoms with Crippen LogP contribution in [0.3, 0.4) is 0 Å². The van der Waals surface area contributed by atoms with Gasteiger partial charge in [-0.2, -0.15) is 0 Å². The highest BCUT2D eigenvalue weighted by Crippen LogP contribution is 2.06. The summed E-state index contributed by atoms with van der Waals surface area (Å²) in [6.45, 7) is 16.1. The first-order valence-corrected chi connectivity index (χ1v) is 14.1. The second-order valence-corrected chi connectivity index (χ2v) is 9.74. The Bertz CT molecular complexity index is 537. The second-order valence-electron chi connectivity index (χ2n) is 9.74. The monoisotopic (exact) mass is 584 g/mol. The topological polar surface area (TPSA) is 125 Å². The van der Waals surface area contributed by atoms with Gasteiger partial charge in [0, 0.05) is 13.1 Å². The van der Waals surface area contributed by atoms with Crippen molar-refractivity contribution in [1.29, 1.82) is 0 Å². The Hall–Kier alpha value is -1.13. The zero-order valence-electron chi connectivity index (χ0n) is 25.6. The summed E-state index contributed by atoms with van der Waals surface area (Å²) in [6.07, 6.45) is -0.449. The molecule has 1 N–H and O–H groups in total. The van der Waals surface area contributed by atoms with E-state index in [1.54, 1.807) is 0 Å². The first-order valence-electron chi connectivity index (χ1n) is 14.1. The Kier molecular flexibility index (Phi) is 28.5. The van der Waals surface area contributed by atoms with E-state index in [-0.39, 0.29) is 0 Å². The van der Waals surface area contributed by atoms with Crippen molar-refractivity contribution in [3.05, 3.63) is 0 Å². The Balaban J connectivity index is 3.10. The molecule has 0 bridgehead atoms. The number of alkyl carbamates (subject to hydrolysis) is 1. The normalized spacial score (nSPS) is 11.8. The standard InChI is InChI=1S/C27H56N2O11/c1-27(2,3)40-26(30)28-6-8-31-10-12-33-14-16-35-18-20-37-22-24-39-25-23-38-21-19-36-17-15-34-13-11-32-9-7-29(4)5/h6-25H2,1-5H3,(H,28,30). The summed E-state index contributed by atoms with van der Waals surface area (Å²) < 4.78 is 54.1. The van der Waals surface area contributed by atoms with E-state index in [4.69, 9.17) is 47.4 Å². The molecule has 13 nitrogen and oxygen atoms in total. The van der Waals surface area contributed by atoms with Gasteiger partial charge in [-0.15, -0.1) is 0 Å². The molecule has 0 saturated heterocycles. The number of nitrogens with zero attached hydrogens (tertiary/aromatic N) is 1. The molecule has 0 heterocycles. The minimum Gasteiger partial charge on any atom is -0.444 e. The minimum absolute atomic E-state index is 0.387. The van der Waals surface area contributed by atoms with Crippen molar-refractivity contribution >= 4 is 6.09 Å². The van der Waals surface area contributed by atoms with Crippen LogP contribution in [-0.4, -0.2) is 163 Å². The van der Waals surface area contributed by atoms with Crippen LogP contribution in [0.1, 0.15) is 20.8 Å². The summed E-state index contributed by atoms with van der Waals surface area (Å²) in [6, 6.07) is 0. The van der Waals surface area contributed by atoms with E-state index < -0.39 is 11.7 Å². The van der Waals surface area contributed by atoms with Crippen LogP contribution in [0.4, 0.5) is 4.79 Å². The van der Waals surface area contributed by atoms with Gasteiger partial charge in [-0.3, -0.25) is 0 Å². The molecule has 0 aromatic rings. The number of amides is 1. The van der Waals surface area contributed by atoms with Gasteiger partial charge in [0.2, 0.25) is 0 Å². The van der Waals surface area contributed by atoms with E-state index in [0.717, 1.165) is 6.54 Å². The lowest BCUT2D eigenvalue weighted by Gasteiger charge is -2.19. The number of ether oxygens (including phenoxy) is 10. The lowest BCUT2D eigenvalue weighted by atomic mass is 10.2. The number of rotatable bonds is 30. The van der Waals surface area contributed by atoms with Gasteiger partial charge in [0.05, 0.1) is 119 Å². The van der Waals surface area contributed by atoms with Crippen LogP contribution in [0.25, 0.3) is 0 Å². The van der Waals surface area contributed by atoms with Crippen molar-refractivity contribution in [3.8, 4) is 0 Å². The average molecular weight is 585 g/mol. The van der Waals surface area contributed by atoms with Crippen molar-refractivity contribution in [2.45, 2.75) is 26.4 Å². The highest BCUT2D eigenvalue weighted by Gasteiger charge is 2.15. The van der Waals surface area contributed by atoms with Crippen molar-refractivity contribution in [2.24, 2.45) is 0 Å². The van der Waals surface area contributed by atoms with Gasteiger partial charge in [-0.1, -0.05) is 0 Å². The van der Waals surface area contributed by atoms with Crippen LogP contribution in [0.2, 0.25) is 0 Å². The molecule has 0 aromatic carbocycles. The lowest BCUT2D eigenvalue weighted by Crippen LogP contribution is -2.34. The zero-order chi connectivity index (χ0) is 29.6. The molecule has 0 aliphatic rings. The van der Waals surface area contributed by atoms with Crippen molar-refractivity contribution in [1.82, 2.24) is 10.2 Å². The molecule has 0 spiro atoms. The largest absolute Gasteiger partial charge is 0.444 e. The second kappa shape index (κ2) is 29.4. The van der Waals surface area contributed by atoms with Crippen LogP contribution in [-0.2, 0) is 47.4 Å². The highest BCUT2D eigenvalue weighted by molar-refractivity contribution is 5.67. The maximum absolute atomic E-state index is 11.5. The molecule has 0 rings (SSSR count). The van der Waals surface area contributed by atoms with Crippen LogP contribution >= 0.6 is 0 Å². The van der Waals surface area contributed by atoms with Gasteiger partial charge in [-0.05, 0) is 34.9 Å². The quantitative estimate of drug-likeness (QED) is 0.122. The number of nitrogens with one attached hydrogen (secondary N) is 1. The molecule has 0 unspecified atom stereocenters. The number of hydrogen-bond donors (Lipinski definition) is 1. The number of carbonyl (C=O) groups excluding carboxylic acids is 1. The first-order chi connectivity index (χ1) is 19.3. The summed E-state index contributed by atoms with van der Waals surface area (Å²) in [7, 11) is 4.03. The van der Waals surface area contributed by atoms with E-state index >= 15 is 0 Å². The summed E-state index contributed by atoms with van der Waals surface area (Å²) in [5, 5.41) is 2.63. The fourth-order valence-electron chi connectivity index (χ4n) is 2.65. The maximum Gasteiger partial charge on any atom is 0.407 e. The third kappa shape index (κ3) is 34.9. The molecule has 0 atom stereocenters. The molecular weight excluding hydrogens is 528 g/mol. The Labute approximate surface area is 241 Å². The lowest BCUT2D eigenvalue weighted by molar-refractivity contribution is -0.0251. The summed E-state index contributed by atoms with van der Waals surface area (Å²) in [5.74, 6) is 0. The molecule has 0 fully saturated rings. The maximum atomic E-state index is 11.5. The Morgan fingerprint density at radius 2 is 0.775 bits per heavy atom. The summed E-state index contributed by atoms with van der Waals surface area (Å²) in [4.78, 5) is 13.5. The van der Waals surface area contributed by atoms with Gasteiger partial charge in [0.1, 0.15) is 5.60 Å². The van der Waals surface area contributed by atoms with Crippen LogP contribution < -0.4 is 5.32 Å². The molecule has 0 aliphatic heterocycles. The number of carbonyl (C=O) groups is 1. The van der Waals surface area contributed by atoms with E-state index in [9.17, 15) is 4.79 Å². The van der Waals surface area contributed by atoms with Gasteiger partial charge >= 0.3 is 6.09 Å². The fourth-order valence-corrected chi connectivity index (χ4v) is 2.65. The van der Waals surface area contributed by atoms with Gasteiger partial charge in [0.15, 0.2) is 0 Å². The first kappa shape index (κ1) is 38.9. The molecule has 13 heteroatoms. The molecular formula is C27H56N2O11. The smallest absolute Gasteiger partial charge is 0.407 e. The van der Waals surface area contributed by atoms with Crippen molar-refractivity contribution < 1.29 is 52.2 Å². The van der Waals surface area contributed by atoms with Crippen molar-refractivity contribution in [2.75, 3.05) is 146 Å². The SMILES string of the molecule is CN(C)CCOCCOCCOCCOCCOCCOCCOCCOCCOCCNC(=O)OC(C)(C)C. The van der Waals surface area contributed by atoms with Crippen LogP contribution in [0.5, 0.6) is 0 Å². The average Bonchev–Trinajstić information content (AvgIpc) is 2.88. The Morgan fingerprint density at radius 3 is 1.05 bits per heavy atom. The Morgan fingerprint density at radius 1 is 0.500 bits per heavy atom. The molecule has 0 saturated carbocycles. The predicted octanol–water partition coefficient (Wildman–Crippen LogP) is 1.22. The van der Waals surface area contributed by atoms with E-state index in [1.807, 2.05) is 34.9 Å². The fraction of sp³-hybridized carbons (Fsp3) is 0.963. The van der Waals surface area contributed by atoms with Crippen molar-refractivity contribution in [3.63, 3.8) is 0 Å². The minimum atomic E-state index is -0.507. The predicted molar refractivity (Wildman–Crippen MR) is 150 cm³/mol. The molecule has 0 aromatic heterocycles. The van der Waals surface area contributed by atoms with Gasteiger partial charge < -0.3 is 57.6 Å². The molecule has 40 heavy (non-hydrogen) atoms. The number of likely N-dealkylation sites (N-methyl/N-ethyl adjacent to an activating group) is 1. The van der Waals surface area contributed by atoms with Gasteiger partial charge in [0.25, 0.3) is 0 Å². The molecule has 240 valence electrons. The van der Waals surface area contributed by atoms with E-state index in [2.05, 4.69) is 10.2 Å². The third-order valence-corrected chi connectivity index (χ3v) is 4.57. The van der Waals surface area contributed by atoms with E-state index in [1.165, 1.54) is 0 Å². The van der Waals surface area contributed by atoms with Crippen LogP contribution in [0.15, 0.2) is 0 Å². The highest BCUT2D eigenvalue weighted by atomic mass is 16.6. The van der Waals surface area contributed by atoms with Crippen LogP contribution in [0, 0.1) is 0 Å². The molecule has 1 amide bonds. The number of hydrogen-bond acceptors (Lipinski definition) is 12. The molecule has 0 aliphatic carbocycles. The molecule has 0 radical (unpaired) electrons. The van der Waals surface area contributed by atoms with Gasteiger partial charge in [-0.25, -0.2) is 4.79 Å². The summed E-state index contributed by atoms with van der Waals surface area (Å²) >= 11 is 0. The summed E-state index contributed by atoms with van der Waals surface area (Å²) in [5.41, 5.74) is -0.507. The zero-order valence-corrected chi connectivity index (χ0v) is 25.6. The third-order valence-electron chi connectivity index (χ3n) is 4.57. The van der Waals surface area contributed by atoms with E-state index in [0.29, 0.717) is 125 Å².